The number of benzene rings is 1. The van der Waals surface area contributed by atoms with Gasteiger partial charge in [-0.05, 0) is 18.2 Å². The van der Waals surface area contributed by atoms with Crippen molar-refractivity contribution in [1.82, 2.24) is 19.6 Å². The molecule has 0 aliphatic carbocycles. The number of hydrogen-bond donors (Lipinski definition) is 0. The van der Waals surface area contributed by atoms with Crippen LogP contribution in [-0.2, 0) is 4.74 Å². The second-order valence-corrected chi connectivity index (χ2v) is 6.31. The molecule has 2 atom stereocenters. The fourth-order valence-electron chi connectivity index (χ4n) is 3.27. The number of nitriles is 1. The Hall–Kier alpha value is -2.69. The van der Waals surface area contributed by atoms with E-state index < -0.39 is 0 Å². The molecule has 0 saturated carbocycles. The monoisotopic (exact) mass is 354 g/mol. The molecule has 0 spiro atoms. The molecule has 3 heterocycles. The second-order valence-electron chi connectivity index (χ2n) is 5.90. The fourth-order valence-corrected chi connectivity index (χ4v) is 3.49. The molecule has 4 rings (SSSR count). The predicted octanol–water partition coefficient (Wildman–Crippen LogP) is 2.62. The number of fused-ring (bicyclic) bond motifs is 1. The minimum absolute atomic E-state index is 0.00801. The highest BCUT2D eigenvalue weighted by Crippen LogP contribution is 2.37. The molecule has 1 fully saturated rings. The fraction of sp³-hybridized carbons (Fsp3) is 0.294. The van der Waals surface area contributed by atoms with Crippen LogP contribution in [0.3, 0.4) is 0 Å². The van der Waals surface area contributed by atoms with Crippen LogP contribution in [0.15, 0.2) is 36.8 Å². The van der Waals surface area contributed by atoms with Crippen LogP contribution in [-0.4, -0.2) is 39.3 Å². The SMILES string of the molecule is CO[C@@H]1C[C@@H](c2nnc3cnccn23)N(c2ccc(C#N)c(Cl)c2)C1. The zero-order chi connectivity index (χ0) is 17.4. The van der Waals surface area contributed by atoms with Crippen LogP contribution in [0.1, 0.15) is 23.9 Å². The molecule has 1 saturated heterocycles. The first-order valence-electron chi connectivity index (χ1n) is 7.85. The minimum Gasteiger partial charge on any atom is -0.380 e. The van der Waals surface area contributed by atoms with Gasteiger partial charge in [0.15, 0.2) is 11.5 Å². The van der Waals surface area contributed by atoms with E-state index in [4.69, 9.17) is 21.6 Å². The first-order valence-corrected chi connectivity index (χ1v) is 8.23. The van der Waals surface area contributed by atoms with Crippen LogP contribution in [0.4, 0.5) is 5.69 Å². The van der Waals surface area contributed by atoms with Crippen LogP contribution in [0, 0.1) is 11.3 Å². The van der Waals surface area contributed by atoms with Gasteiger partial charge in [-0.25, -0.2) is 0 Å². The van der Waals surface area contributed by atoms with Crippen molar-refractivity contribution in [3.8, 4) is 6.07 Å². The molecular weight excluding hydrogens is 340 g/mol. The zero-order valence-corrected chi connectivity index (χ0v) is 14.3. The zero-order valence-electron chi connectivity index (χ0n) is 13.5. The van der Waals surface area contributed by atoms with Crippen molar-refractivity contribution in [2.75, 3.05) is 18.6 Å². The van der Waals surface area contributed by atoms with Crippen molar-refractivity contribution < 1.29 is 4.74 Å². The van der Waals surface area contributed by atoms with Crippen molar-refractivity contribution in [2.45, 2.75) is 18.6 Å². The van der Waals surface area contributed by atoms with Crippen LogP contribution in [0.2, 0.25) is 5.02 Å². The number of nitrogens with zero attached hydrogens (tertiary/aromatic N) is 6. The van der Waals surface area contributed by atoms with Gasteiger partial charge in [-0.15, -0.1) is 10.2 Å². The topological polar surface area (TPSA) is 79.3 Å². The highest BCUT2D eigenvalue weighted by atomic mass is 35.5. The third-order valence-corrected chi connectivity index (χ3v) is 4.85. The molecule has 1 aromatic carbocycles. The Balaban J connectivity index is 1.77. The van der Waals surface area contributed by atoms with E-state index in [-0.39, 0.29) is 12.1 Å². The number of ether oxygens (including phenoxy) is 1. The van der Waals surface area contributed by atoms with E-state index >= 15 is 0 Å². The molecule has 1 aliphatic rings. The summed E-state index contributed by atoms with van der Waals surface area (Å²) in [5, 5.41) is 18.1. The average Bonchev–Trinajstić information content (AvgIpc) is 3.25. The van der Waals surface area contributed by atoms with Crippen LogP contribution in [0.5, 0.6) is 0 Å². The first kappa shape index (κ1) is 15.8. The Labute approximate surface area is 149 Å². The molecule has 1 aliphatic heterocycles. The van der Waals surface area contributed by atoms with E-state index in [1.54, 1.807) is 25.6 Å². The maximum absolute atomic E-state index is 9.08. The van der Waals surface area contributed by atoms with E-state index in [2.05, 4.69) is 26.2 Å². The first-order chi connectivity index (χ1) is 12.2. The normalized spacial score (nSPS) is 20.1. The summed E-state index contributed by atoms with van der Waals surface area (Å²) >= 11 is 6.22. The number of aromatic nitrogens is 4. The molecule has 25 heavy (non-hydrogen) atoms. The third kappa shape index (κ3) is 2.69. The average molecular weight is 355 g/mol. The number of anilines is 1. The van der Waals surface area contributed by atoms with E-state index in [9.17, 15) is 0 Å². The van der Waals surface area contributed by atoms with Crippen LogP contribution < -0.4 is 4.90 Å². The lowest BCUT2D eigenvalue weighted by molar-refractivity contribution is 0.118. The maximum Gasteiger partial charge on any atom is 0.179 e. The highest BCUT2D eigenvalue weighted by molar-refractivity contribution is 6.32. The van der Waals surface area contributed by atoms with Crippen molar-refractivity contribution in [3.63, 3.8) is 0 Å². The summed E-state index contributed by atoms with van der Waals surface area (Å²) < 4.78 is 7.52. The van der Waals surface area contributed by atoms with Crippen molar-refractivity contribution in [2.24, 2.45) is 0 Å². The second kappa shape index (κ2) is 6.31. The summed E-state index contributed by atoms with van der Waals surface area (Å²) in [5.41, 5.74) is 2.10. The Morgan fingerprint density at radius 3 is 3.00 bits per heavy atom. The van der Waals surface area contributed by atoms with E-state index in [1.807, 2.05) is 22.7 Å². The largest absolute Gasteiger partial charge is 0.380 e. The molecule has 8 heteroatoms. The molecule has 126 valence electrons. The van der Waals surface area contributed by atoms with E-state index in [0.717, 1.165) is 17.9 Å². The lowest BCUT2D eigenvalue weighted by atomic mass is 10.1. The molecule has 0 bridgehead atoms. The summed E-state index contributed by atoms with van der Waals surface area (Å²) in [6.45, 7) is 0.712. The molecule has 3 aromatic rings. The molecule has 0 unspecified atom stereocenters. The summed E-state index contributed by atoms with van der Waals surface area (Å²) in [6.07, 6.45) is 6.12. The molecule has 7 nitrogen and oxygen atoms in total. The van der Waals surface area contributed by atoms with Crippen molar-refractivity contribution in [3.05, 3.63) is 53.2 Å². The Bertz CT molecular complexity index is 965. The molecular formula is C17H15ClN6O. The van der Waals surface area contributed by atoms with Gasteiger partial charge in [-0.1, -0.05) is 11.6 Å². The lowest BCUT2D eigenvalue weighted by Gasteiger charge is -2.25. The highest BCUT2D eigenvalue weighted by Gasteiger charge is 2.36. The Kier molecular flexibility index (Phi) is 3.99. The van der Waals surface area contributed by atoms with Gasteiger partial charge >= 0.3 is 0 Å². The number of rotatable bonds is 3. The van der Waals surface area contributed by atoms with Gasteiger partial charge in [0.1, 0.15) is 6.07 Å². The Morgan fingerprint density at radius 2 is 2.24 bits per heavy atom. The molecule has 0 N–H and O–H groups in total. The van der Waals surface area contributed by atoms with Crippen molar-refractivity contribution >= 4 is 22.9 Å². The summed E-state index contributed by atoms with van der Waals surface area (Å²) in [5.74, 6) is 0.831. The summed E-state index contributed by atoms with van der Waals surface area (Å²) in [7, 11) is 1.71. The lowest BCUT2D eigenvalue weighted by Crippen LogP contribution is -2.25. The smallest absolute Gasteiger partial charge is 0.179 e. The van der Waals surface area contributed by atoms with Gasteiger partial charge in [0.2, 0.25) is 0 Å². The third-order valence-electron chi connectivity index (χ3n) is 4.54. The van der Waals surface area contributed by atoms with Gasteiger partial charge in [0, 0.05) is 38.2 Å². The predicted molar refractivity (Wildman–Crippen MR) is 92.5 cm³/mol. The van der Waals surface area contributed by atoms with E-state index in [0.29, 0.717) is 22.8 Å². The maximum atomic E-state index is 9.08. The van der Waals surface area contributed by atoms with E-state index in [1.165, 1.54) is 0 Å². The number of hydrogen-bond acceptors (Lipinski definition) is 6. The van der Waals surface area contributed by atoms with Crippen LogP contribution >= 0.6 is 11.6 Å². The van der Waals surface area contributed by atoms with Gasteiger partial charge in [0.05, 0.1) is 28.9 Å². The molecule has 0 amide bonds. The standard InChI is InChI=1S/C17H15ClN6O/c1-25-13-7-15(17-22-21-16-9-20-4-5-23(16)17)24(10-13)12-3-2-11(8-19)14(18)6-12/h2-6,9,13,15H,7,10H2,1H3/t13-,15+/m1/s1. The summed E-state index contributed by atoms with van der Waals surface area (Å²) in [4.78, 5) is 6.27. The van der Waals surface area contributed by atoms with Gasteiger partial charge < -0.3 is 9.64 Å². The minimum atomic E-state index is -0.00801. The number of halogens is 1. The summed E-state index contributed by atoms with van der Waals surface area (Å²) in [6, 6.07) is 7.53. The van der Waals surface area contributed by atoms with Gasteiger partial charge in [-0.2, -0.15) is 5.26 Å². The van der Waals surface area contributed by atoms with Gasteiger partial charge in [-0.3, -0.25) is 9.38 Å². The molecule has 2 aromatic heterocycles. The van der Waals surface area contributed by atoms with Gasteiger partial charge in [0.25, 0.3) is 0 Å². The number of methoxy groups -OCH3 is 1. The van der Waals surface area contributed by atoms with Crippen molar-refractivity contribution in [1.29, 1.82) is 5.26 Å². The van der Waals surface area contributed by atoms with Crippen LogP contribution in [0.25, 0.3) is 5.65 Å². The quantitative estimate of drug-likeness (QED) is 0.719. The molecule has 0 radical (unpaired) electrons. The Morgan fingerprint density at radius 1 is 1.36 bits per heavy atom.